The van der Waals surface area contributed by atoms with Crippen LogP contribution in [-0.2, 0) is 11.2 Å². The van der Waals surface area contributed by atoms with Crippen molar-refractivity contribution in [1.29, 1.82) is 0 Å². The van der Waals surface area contributed by atoms with Crippen LogP contribution in [0.2, 0.25) is 0 Å². The Labute approximate surface area is 220 Å². The first-order valence-electron chi connectivity index (χ1n) is 12.6. The van der Waals surface area contributed by atoms with Crippen LogP contribution in [0.4, 0.5) is 10.8 Å². The molecule has 1 N–H and O–H groups in total. The van der Waals surface area contributed by atoms with E-state index < -0.39 is 0 Å². The van der Waals surface area contributed by atoms with E-state index >= 15 is 0 Å². The van der Waals surface area contributed by atoms with Gasteiger partial charge in [0.1, 0.15) is 5.01 Å². The summed E-state index contributed by atoms with van der Waals surface area (Å²) in [5.74, 6) is 0.954. The number of benzene rings is 2. The van der Waals surface area contributed by atoms with Crippen LogP contribution < -0.4 is 24.4 Å². The van der Waals surface area contributed by atoms with Gasteiger partial charge in [-0.2, -0.15) is 0 Å². The first kappa shape index (κ1) is 26.4. The molecule has 10 heteroatoms. The summed E-state index contributed by atoms with van der Waals surface area (Å²) in [6.07, 6.45) is 1.30. The van der Waals surface area contributed by atoms with Gasteiger partial charge in [-0.25, -0.2) is 0 Å². The number of aryl methyl sites for hydroxylation is 1. The Bertz CT molecular complexity index is 1220. The van der Waals surface area contributed by atoms with Crippen molar-refractivity contribution in [3.63, 3.8) is 0 Å². The molecule has 1 atom stereocenters. The Morgan fingerprint density at radius 2 is 1.65 bits per heavy atom. The highest BCUT2D eigenvalue weighted by molar-refractivity contribution is 7.15. The zero-order valence-corrected chi connectivity index (χ0v) is 22.4. The first-order chi connectivity index (χ1) is 18.0. The van der Waals surface area contributed by atoms with Gasteiger partial charge < -0.3 is 19.1 Å². The summed E-state index contributed by atoms with van der Waals surface area (Å²) in [6, 6.07) is 11.3. The summed E-state index contributed by atoms with van der Waals surface area (Å²) in [7, 11) is 0. The average molecular weight is 525 g/mol. The number of aromatic nitrogens is 2. The predicted molar refractivity (Wildman–Crippen MR) is 143 cm³/mol. The maximum absolute atomic E-state index is 13.1. The van der Waals surface area contributed by atoms with Crippen molar-refractivity contribution in [2.45, 2.75) is 46.5 Å². The lowest BCUT2D eigenvalue weighted by atomic mass is 10.1. The predicted octanol–water partition coefficient (Wildman–Crippen LogP) is 5.07. The van der Waals surface area contributed by atoms with Crippen LogP contribution in [0.1, 0.15) is 61.0 Å². The molecule has 2 aromatic carbocycles. The molecule has 196 valence electrons. The minimum absolute atomic E-state index is 0.0522. The zero-order valence-electron chi connectivity index (χ0n) is 21.6. The molecule has 1 saturated heterocycles. The van der Waals surface area contributed by atoms with Gasteiger partial charge in [-0.1, -0.05) is 30.4 Å². The molecule has 4 rings (SSSR count). The summed E-state index contributed by atoms with van der Waals surface area (Å²) in [4.78, 5) is 27.6. The van der Waals surface area contributed by atoms with Crippen LogP contribution in [0, 0.1) is 0 Å². The van der Waals surface area contributed by atoms with E-state index in [1.54, 1.807) is 17.0 Å². The van der Waals surface area contributed by atoms with Gasteiger partial charge in [-0.15, -0.1) is 10.2 Å². The largest absolute Gasteiger partial charge is 0.490 e. The number of anilines is 2. The zero-order chi connectivity index (χ0) is 26.4. The lowest BCUT2D eigenvalue weighted by Gasteiger charge is -2.16. The van der Waals surface area contributed by atoms with E-state index in [1.807, 2.05) is 45.0 Å². The van der Waals surface area contributed by atoms with Crippen molar-refractivity contribution < 1.29 is 23.8 Å². The molecule has 0 radical (unpaired) electrons. The number of carbonyl (C=O) groups excluding carboxylic acids is 2. The fraction of sp³-hybridized carbons (Fsp3) is 0.407. The van der Waals surface area contributed by atoms with Crippen molar-refractivity contribution >= 4 is 34.0 Å². The van der Waals surface area contributed by atoms with E-state index in [9.17, 15) is 9.59 Å². The molecule has 0 saturated carbocycles. The molecule has 3 aromatic rings. The fourth-order valence-electron chi connectivity index (χ4n) is 4.17. The minimum Gasteiger partial charge on any atom is -0.490 e. The van der Waals surface area contributed by atoms with Gasteiger partial charge in [0.2, 0.25) is 16.8 Å². The number of hydrogen-bond donors (Lipinski definition) is 1. The molecule has 9 nitrogen and oxygen atoms in total. The van der Waals surface area contributed by atoms with Crippen molar-refractivity contribution in [3.8, 4) is 17.2 Å². The van der Waals surface area contributed by atoms with Gasteiger partial charge >= 0.3 is 0 Å². The van der Waals surface area contributed by atoms with E-state index in [2.05, 4.69) is 22.4 Å². The molecular weight excluding hydrogens is 492 g/mol. The van der Waals surface area contributed by atoms with Crippen LogP contribution >= 0.6 is 11.3 Å². The molecule has 2 amide bonds. The fourth-order valence-corrected chi connectivity index (χ4v) is 5.00. The van der Waals surface area contributed by atoms with E-state index in [0.29, 0.717) is 65.7 Å². The Kier molecular flexibility index (Phi) is 8.60. The standard InChI is InChI=1S/C27H32N4O5S/c1-5-17-9-11-20(12-10-17)31-16-19(15-23(31)32)26-29-30-27(37-26)28-25(33)18-13-21(34-6-2)24(36-8-4)22(14-18)35-7-3/h9-14,19H,5-8,15-16H2,1-4H3,(H,28,30,33). The number of rotatable bonds is 11. The monoisotopic (exact) mass is 524 g/mol. The summed E-state index contributed by atoms with van der Waals surface area (Å²) in [6.45, 7) is 9.49. The van der Waals surface area contributed by atoms with E-state index in [-0.39, 0.29) is 17.7 Å². The van der Waals surface area contributed by atoms with Crippen molar-refractivity contribution in [3.05, 3.63) is 52.5 Å². The van der Waals surface area contributed by atoms with Gasteiger partial charge in [0, 0.05) is 30.1 Å². The summed E-state index contributed by atoms with van der Waals surface area (Å²) in [5.41, 5.74) is 2.46. The van der Waals surface area contributed by atoms with Crippen molar-refractivity contribution in [1.82, 2.24) is 10.2 Å². The van der Waals surface area contributed by atoms with Crippen molar-refractivity contribution in [2.24, 2.45) is 0 Å². The van der Waals surface area contributed by atoms with Crippen LogP contribution in [0.15, 0.2) is 36.4 Å². The van der Waals surface area contributed by atoms with Crippen LogP contribution in [0.5, 0.6) is 17.2 Å². The third-order valence-corrected chi connectivity index (χ3v) is 6.96. The Morgan fingerprint density at radius 3 is 2.24 bits per heavy atom. The van der Waals surface area contributed by atoms with E-state index in [0.717, 1.165) is 12.1 Å². The highest BCUT2D eigenvalue weighted by atomic mass is 32.1. The van der Waals surface area contributed by atoms with Gasteiger partial charge in [0.15, 0.2) is 11.5 Å². The number of nitrogens with one attached hydrogen (secondary N) is 1. The second kappa shape index (κ2) is 12.1. The third kappa shape index (κ3) is 6.02. The number of nitrogens with zero attached hydrogens (tertiary/aromatic N) is 3. The highest BCUT2D eigenvalue weighted by Crippen LogP contribution is 2.40. The number of ether oxygens (including phenoxy) is 3. The van der Waals surface area contributed by atoms with Crippen LogP contribution in [0.25, 0.3) is 0 Å². The molecule has 1 aliphatic rings. The molecule has 1 aliphatic heterocycles. The lowest BCUT2D eigenvalue weighted by molar-refractivity contribution is -0.117. The third-order valence-electron chi connectivity index (χ3n) is 5.96. The van der Waals surface area contributed by atoms with Gasteiger partial charge in [-0.3, -0.25) is 14.9 Å². The summed E-state index contributed by atoms with van der Waals surface area (Å²) in [5, 5.41) is 12.3. The van der Waals surface area contributed by atoms with Gasteiger partial charge in [0.05, 0.1) is 19.8 Å². The second-order valence-electron chi connectivity index (χ2n) is 8.43. The minimum atomic E-state index is -0.368. The maximum atomic E-state index is 13.1. The molecule has 0 aliphatic carbocycles. The molecule has 1 unspecified atom stereocenters. The summed E-state index contributed by atoms with van der Waals surface area (Å²) >= 11 is 1.28. The van der Waals surface area contributed by atoms with Crippen LogP contribution in [0.3, 0.4) is 0 Å². The molecule has 0 bridgehead atoms. The maximum Gasteiger partial charge on any atom is 0.257 e. The smallest absolute Gasteiger partial charge is 0.257 e. The van der Waals surface area contributed by atoms with Gasteiger partial charge in [-0.05, 0) is 57.0 Å². The molecular formula is C27H32N4O5S. The van der Waals surface area contributed by atoms with Crippen molar-refractivity contribution in [2.75, 3.05) is 36.6 Å². The van der Waals surface area contributed by atoms with Crippen LogP contribution in [-0.4, -0.2) is 48.4 Å². The molecule has 1 fully saturated rings. The number of carbonyl (C=O) groups is 2. The number of hydrogen-bond acceptors (Lipinski definition) is 8. The topological polar surface area (TPSA) is 103 Å². The normalized spacial score (nSPS) is 15.1. The molecule has 37 heavy (non-hydrogen) atoms. The lowest BCUT2D eigenvalue weighted by Crippen LogP contribution is -2.24. The summed E-state index contributed by atoms with van der Waals surface area (Å²) < 4.78 is 17.1. The first-order valence-corrected chi connectivity index (χ1v) is 13.4. The Balaban J connectivity index is 1.48. The van der Waals surface area contributed by atoms with Gasteiger partial charge in [0.25, 0.3) is 5.91 Å². The van der Waals surface area contributed by atoms with E-state index in [4.69, 9.17) is 14.2 Å². The Morgan fingerprint density at radius 1 is 1.00 bits per heavy atom. The quantitative estimate of drug-likeness (QED) is 0.374. The molecule has 2 heterocycles. The number of amides is 2. The molecule has 0 spiro atoms. The second-order valence-corrected chi connectivity index (χ2v) is 9.43. The highest BCUT2D eigenvalue weighted by Gasteiger charge is 2.34. The SMILES string of the molecule is CCOc1cc(C(=O)Nc2nnc(C3CC(=O)N(c4ccc(CC)cc4)C3)s2)cc(OCC)c1OCC. The van der Waals surface area contributed by atoms with E-state index in [1.165, 1.54) is 16.9 Å². The Hall–Kier alpha value is -3.66. The molecule has 1 aromatic heterocycles. The average Bonchev–Trinajstić information content (AvgIpc) is 3.52.